The summed E-state index contributed by atoms with van der Waals surface area (Å²) in [4.78, 5) is 22.1. The SMILES string of the molecule is O=C(O)CC1SC(=NN=Cc2cc(Br)ccc2Cl)NC1=O. The van der Waals surface area contributed by atoms with Crippen LogP contribution in [-0.4, -0.2) is 33.6 Å². The topological polar surface area (TPSA) is 91.1 Å². The number of rotatable bonds is 4. The van der Waals surface area contributed by atoms with E-state index in [0.717, 1.165) is 16.2 Å². The van der Waals surface area contributed by atoms with Gasteiger partial charge < -0.3 is 10.4 Å². The molecule has 0 radical (unpaired) electrons. The van der Waals surface area contributed by atoms with E-state index in [1.54, 1.807) is 18.2 Å². The van der Waals surface area contributed by atoms with Gasteiger partial charge in [0.15, 0.2) is 5.17 Å². The molecule has 2 N–H and O–H groups in total. The standard InChI is InChI=1S/C12H9BrClN3O3S/c13-7-1-2-8(14)6(3-7)5-15-17-12-16-11(20)9(21-12)4-10(18)19/h1-3,5,9H,4H2,(H,18,19)(H,16,17,20). The molecule has 1 amide bonds. The maximum atomic E-state index is 11.5. The van der Waals surface area contributed by atoms with Crippen molar-refractivity contribution in [1.29, 1.82) is 0 Å². The summed E-state index contributed by atoms with van der Waals surface area (Å²) in [5.41, 5.74) is 0.673. The first kappa shape index (κ1) is 16.0. The summed E-state index contributed by atoms with van der Waals surface area (Å²) in [5, 5.41) is 19.0. The first-order valence-electron chi connectivity index (χ1n) is 5.71. The predicted molar refractivity (Wildman–Crippen MR) is 86.0 cm³/mol. The molecular formula is C12H9BrClN3O3S. The van der Waals surface area contributed by atoms with Crippen LogP contribution in [0.4, 0.5) is 0 Å². The van der Waals surface area contributed by atoms with Crippen LogP contribution in [0.3, 0.4) is 0 Å². The third kappa shape index (κ3) is 4.55. The highest BCUT2D eigenvalue weighted by molar-refractivity contribution is 9.10. The van der Waals surface area contributed by atoms with Crippen LogP contribution in [-0.2, 0) is 9.59 Å². The third-order valence-electron chi connectivity index (χ3n) is 2.44. The Balaban J connectivity index is 2.05. The smallest absolute Gasteiger partial charge is 0.305 e. The number of hydrogen-bond donors (Lipinski definition) is 2. The second kappa shape index (κ2) is 7.06. The molecule has 6 nitrogen and oxygen atoms in total. The maximum Gasteiger partial charge on any atom is 0.305 e. The molecule has 1 atom stereocenters. The summed E-state index contributed by atoms with van der Waals surface area (Å²) in [6.45, 7) is 0. The quantitative estimate of drug-likeness (QED) is 0.610. The summed E-state index contributed by atoms with van der Waals surface area (Å²) in [7, 11) is 0. The summed E-state index contributed by atoms with van der Waals surface area (Å²) in [5.74, 6) is -1.41. The normalized spacial score (nSPS) is 20.2. The molecule has 1 aromatic carbocycles. The lowest BCUT2D eigenvalue weighted by Crippen LogP contribution is -2.26. The van der Waals surface area contributed by atoms with Crippen LogP contribution < -0.4 is 5.32 Å². The number of benzene rings is 1. The van der Waals surface area contributed by atoms with Crippen molar-refractivity contribution in [2.45, 2.75) is 11.7 Å². The number of nitrogens with zero attached hydrogens (tertiary/aromatic N) is 2. The molecule has 1 aliphatic heterocycles. The van der Waals surface area contributed by atoms with Crippen molar-refractivity contribution in [3.05, 3.63) is 33.3 Å². The Labute approximate surface area is 137 Å². The van der Waals surface area contributed by atoms with E-state index in [1.807, 2.05) is 0 Å². The summed E-state index contributed by atoms with van der Waals surface area (Å²) in [6.07, 6.45) is 1.20. The largest absolute Gasteiger partial charge is 0.481 e. The van der Waals surface area contributed by atoms with Crippen LogP contribution in [0.25, 0.3) is 0 Å². The Morgan fingerprint density at radius 2 is 2.33 bits per heavy atom. The number of halogens is 2. The van der Waals surface area contributed by atoms with Gasteiger partial charge in [0, 0.05) is 15.1 Å². The monoisotopic (exact) mass is 389 g/mol. The number of carboxylic acids is 1. The molecule has 1 aliphatic rings. The van der Waals surface area contributed by atoms with Crippen LogP contribution >= 0.6 is 39.3 Å². The van der Waals surface area contributed by atoms with E-state index in [1.165, 1.54) is 6.21 Å². The number of amides is 1. The average Bonchev–Trinajstić information content (AvgIpc) is 2.73. The highest BCUT2D eigenvalue weighted by atomic mass is 79.9. The van der Waals surface area contributed by atoms with E-state index < -0.39 is 11.2 Å². The summed E-state index contributed by atoms with van der Waals surface area (Å²) >= 11 is 10.4. The molecule has 9 heteroatoms. The number of carbonyl (C=O) groups excluding carboxylic acids is 1. The first-order chi connectivity index (χ1) is 9.95. The van der Waals surface area contributed by atoms with Gasteiger partial charge in [-0.05, 0) is 18.2 Å². The zero-order valence-electron chi connectivity index (χ0n) is 10.4. The minimum atomic E-state index is -1.03. The van der Waals surface area contributed by atoms with Gasteiger partial charge in [-0.2, -0.15) is 5.10 Å². The Kier molecular flexibility index (Phi) is 5.38. The first-order valence-corrected chi connectivity index (χ1v) is 7.76. The lowest BCUT2D eigenvalue weighted by atomic mass is 10.2. The molecule has 1 fully saturated rings. The van der Waals surface area contributed by atoms with Crippen molar-refractivity contribution in [3.8, 4) is 0 Å². The molecule has 0 spiro atoms. The van der Waals surface area contributed by atoms with Crippen molar-refractivity contribution in [2.24, 2.45) is 10.2 Å². The molecule has 110 valence electrons. The number of amidine groups is 1. The Morgan fingerprint density at radius 3 is 3.05 bits per heavy atom. The minimum Gasteiger partial charge on any atom is -0.481 e. The highest BCUT2D eigenvalue weighted by Crippen LogP contribution is 2.22. The second-order valence-corrected chi connectivity index (χ2v) is 6.52. The van der Waals surface area contributed by atoms with Gasteiger partial charge in [0.2, 0.25) is 5.91 Å². The van der Waals surface area contributed by atoms with Crippen molar-refractivity contribution in [1.82, 2.24) is 5.32 Å². The summed E-state index contributed by atoms with van der Waals surface area (Å²) < 4.78 is 0.853. The van der Waals surface area contributed by atoms with Crippen LogP contribution in [0.1, 0.15) is 12.0 Å². The molecule has 0 saturated carbocycles. The number of aliphatic carboxylic acids is 1. The number of thioether (sulfide) groups is 1. The minimum absolute atomic E-state index is 0.253. The van der Waals surface area contributed by atoms with Crippen molar-refractivity contribution < 1.29 is 14.7 Å². The van der Waals surface area contributed by atoms with Gasteiger partial charge >= 0.3 is 5.97 Å². The fourth-order valence-corrected chi connectivity index (χ4v) is 2.96. The lowest BCUT2D eigenvalue weighted by molar-refractivity contribution is -0.138. The molecule has 0 aromatic heterocycles. The van der Waals surface area contributed by atoms with E-state index in [2.05, 4.69) is 31.4 Å². The molecule has 1 aromatic rings. The van der Waals surface area contributed by atoms with Gasteiger partial charge in [0.05, 0.1) is 12.6 Å². The number of nitrogens with one attached hydrogen (secondary N) is 1. The van der Waals surface area contributed by atoms with Crippen LogP contribution in [0.15, 0.2) is 32.9 Å². The molecule has 1 heterocycles. The summed E-state index contributed by atoms with van der Waals surface area (Å²) in [6, 6.07) is 5.30. The zero-order chi connectivity index (χ0) is 15.4. The highest BCUT2D eigenvalue weighted by Gasteiger charge is 2.32. The lowest BCUT2D eigenvalue weighted by Gasteiger charge is -1.98. The van der Waals surface area contributed by atoms with Crippen LogP contribution in [0.2, 0.25) is 5.02 Å². The van der Waals surface area contributed by atoms with E-state index >= 15 is 0 Å². The van der Waals surface area contributed by atoms with E-state index in [0.29, 0.717) is 10.6 Å². The van der Waals surface area contributed by atoms with Gasteiger partial charge in [-0.25, -0.2) is 0 Å². The predicted octanol–water partition coefficient (Wildman–Crippen LogP) is 2.50. The van der Waals surface area contributed by atoms with Gasteiger partial charge in [0.1, 0.15) is 5.25 Å². The fraction of sp³-hybridized carbons (Fsp3) is 0.167. The number of carboxylic acid groups (broad SMARTS) is 1. The molecule has 0 bridgehead atoms. The zero-order valence-corrected chi connectivity index (χ0v) is 13.6. The average molecular weight is 391 g/mol. The Hall–Kier alpha value is -1.38. The van der Waals surface area contributed by atoms with Gasteiger partial charge in [-0.3, -0.25) is 9.59 Å². The fourth-order valence-electron chi connectivity index (χ4n) is 1.50. The number of hydrogen-bond acceptors (Lipinski definition) is 5. The van der Waals surface area contributed by atoms with Gasteiger partial charge in [0.25, 0.3) is 0 Å². The van der Waals surface area contributed by atoms with Gasteiger partial charge in [-0.1, -0.05) is 39.3 Å². The van der Waals surface area contributed by atoms with Crippen molar-refractivity contribution in [3.63, 3.8) is 0 Å². The van der Waals surface area contributed by atoms with Gasteiger partial charge in [-0.15, -0.1) is 5.10 Å². The van der Waals surface area contributed by atoms with Crippen molar-refractivity contribution >= 4 is 62.6 Å². The van der Waals surface area contributed by atoms with E-state index in [9.17, 15) is 9.59 Å². The van der Waals surface area contributed by atoms with E-state index in [-0.39, 0.29) is 17.5 Å². The Morgan fingerprint density at radius 1 is 1.57 bits per heavy atom. The third-order valence-corrected chi connectivity index (χ3v) is 4.35. The Bertz CT molecular complexity index is 651. The molecule has 2 rings (SSSR count). The van der Waals surface area contributed by atoms with Crippen LogP contribution in [0.5, 0.6) is 0 Å². The maximum absolute atomic E-state index is 11.5. The molecule has 1 unspecified atom stereocenters. The molecule has 0 aliphatic carbocycles. The molecule has 1 saturated heterocycles. The number of carbonyl (C=O) groups is 2. The van der Waals surface area contributed by atoms with E-state index in [4.69, 9.17) is 16.7 Å². The molecule has 21 heavy (non-hydrogen) atoms. The van der Waals surface area contributed by atoms with Crippen molar-refractivity contribution in [2.75, 3.05) is 0 Å². The van der Waals surface area contributed by atoms with Crippen LogP contribution in [0, 0.1) is 0 Å². The second-order valence-electron chi connectivity index (χ2n) is 4.01. The molecular weight excluding hydrogens is 382 g/mol.